The first kappa shape index (κ1) is 15.6. The molecule has 0 aliphatic rings. The van der Waals surface area contributed by atoms with Crippen LogP contribution in [0.5, 0.6) is 0 Å². The topological polar surface area (TPSA) is 37.8 Å². The number of nitrogens with one attached hydrogen (secondary N) is 1. The lowest BCUT2D eigenvalue weighted by Crippen LogP contribution is -2.27. The van der Waals surface area contributed by atoms with Gasteiger partial charge in [-0.2, -0.15) is 0 Å². The minimum Gasteiger partial charge on any atom is -0.283 e. The molecule has 0 amide bonds. The summed E-state index contributed by atoms with van der Waals surface area (Å²) >= 11 is 0. The number of rotatable bonds is 3. The third-order valence-electron chi connectivity index (χ3n) is 3.61. The van der Waals surface area contributed by atoms with Crippen molar-refractivity contribution in [1.29, 1.82) is 0 Å². The summed E-state index contributed by atoms with van der Waals surface area (Å²) in [5, 5.41) is 3.03. The molecule has 0 spiro atoms. The highest BCUT2D eigenvalue weighted by atomic mass is 16.1. The quantitative estimate of drug-likeness (QED) is 0.906. The van der Waals surface area contributed by atoms with Gasteiger partial charge < -0.3 is 0 Å². The zero-order valence-corrected chi connectivity index (χ0v) is 13.9. The number of aromatic amines is 1. The fraction of sp³-hybridized carbons (Fsp3) is 0.500. The Kier molecular flexibility index (Phi) is 4.13. The summed E-state index contributed by atoms with van der Waals surface area (Å²) in [6.45, 7) is 12.8. The van der Waals surface area contributed by atoms with E-state index in [4.69, 9.17) is 0 Å². The van der Waals surface area contributed by atoms with Crippen LogP contribution in [0, 0.1) is 12.8 Å². The standard InChI is InChI=1S/C18H26N2O/c1-12(2)11-15-16(14-9-7-13(3)8-10-14)17(21)19-20(15)18(4,5)6/h7-10,12H,11H2,1-6H3,(H,19,21). The van der Waals surface area contributed by atoms with E-state index in [1.165, 1.54) is 5.56 Å². The first-order valence-electron chi connectivity index (χ1n) is 7.61. The predicted molar refractivity (Wildman–Crippen MR) is 88.8 cm³/mol. The molecule has 3 nitrogen and oxygen atoms in total. The van der Waals surface area contributed by atoms with E-state index in [0.717, 1.165) is 23.2 Å². The molecule has 0 saturated heterocycles. The Hall–Kier alpha value is -1.77. The van der Waals surface area contributed by atoms with E-state index in [1.807, 2.05) is 16.8 Å². The Bertz CT molecular complexity index is 667. The first-order valence-corrected chi connectivity index (χ1v) is 7.61. The van der Waals surface area contributed by atoms with Crippen LogP contribution < -0.4 is 5.56 Å². The molecule has 0 saturated carbocycles. The zero-order chi connectivity index (χ0) is 15.8. The van der Waals surface area contributed by atoms with Crippen LogP contribution in [0.4, 0.5) is 0 Å². The molecule has 21 heavy (non-hydrogen) atoms. The average Bonchev–Trinajstić information content (AvgIpc) is 2.67. The lowest BCUT2D eigenvalue weighted by molar-refractivity contribution is 0.337. The molecule has 0 bridgehead atoms. The van der Waals surface area contributed by atoms with Crippen molar-refractivity contribution in [2.75, 3.05) is 0 Å². The number of hydrogen-bond acceptors (Lipinski definition) is 1. The third kappa shape index (κ3) is 3.29. The molecule has 2 aromatic rings. The summed E-state index contributed by atoms with van der Waals surface area (Å²) in [4.78, 5) is 12.5. The van der Waals surface area contributed by atoms with E-state index in [2.05, 4.69) is 58.8 Å². The molecule has 0 fully saturated rings. The highest BCUT2D eigenvalue weighted by Gasteiger charge is 2.24. The van der Waals surface area contributed by atoms with Crippen molar-refractivity contribution in [2.24, 2.45) is 5.92 Å². The molecule has 3 heteroatoms. The Morgan fingerprint density at radius 1 is 1.14 bits per heavy atom. The first-order chi connectivity index (χ1) is 9.70. The van der Waals surface area contributed by atoms with Crippen LogP contribution >= 0.6 is 0 Å². The maximum Gasteiger partial charge on any atom is 0.272 e. The predicted octanol–water partition coefficient (Wildman–Crippen LogP) is 4.11. The molecule has 1 aromatic carbocycles. The van der Waals surface area contributed by atoms with E-state index in [9.17, 15) is 4.79 Å². The van der Waals surface area contributed by atoms with Gasteiger partial charge in [0.25, 0.3) is 5.56 Å². The third-order valence-corrected chi connectivity index (χ3v) is 3.61. The van der Waals surface area contributed by atoms with Gasteiger partial charge >= 0.3 is 0 Å². The van der Waals surface area contributed by atoms with Gasteiger partial charge in [-0.1, -0.05) is 43.7 Å². The van der Waals surface area contributed by atoms with Gasteiger partial charge in [0.15, 0.2) is 0 Å². The summed E-state index contributed by atoms with van der Waals surface area (Å²) in [6, 6.07) is 8.19. The van der Waals surface area contributed by atoms with E-state index < -0.39 is 0 Å². The Morgan fingerprint density at radius 3 is 2.19 bits per heavy atom. The number of H-pyrrole nitrogens is 1. The average molecular weight is 286 g/mol. The van der Waals surface area contributed by atoms with Gasteiger partial charge in [-0.05, 0) is 45.6 Å². The largest absolute Gasteiger partial charge is 0.283 e. The second-order valence-corrected chi connectivity index (χ2v) is 7.23. The van der Waals surface area contributed by atoms with E-state index in [-0.39, 0.29) is 11.1 Å². The molecular weight excluding hydrogens is 260 g/mol. The zero-order valence-electron chi connectivity index (χ0n) is 13.9. The fourth-order valence-corrected chi connectivity index (χ4v) is 2.64. The van der Waals surface area contributed by atoms with Crippen molar-refractivity contribution in [3.05, 3.63) is 45.9 Å². The molecule has 0 unspecified atom stereocenters. The second-order valence-electron chi connectivity index (χ2n) is 7.23. The van der Waals surface area contributed by atoms with E-state index in [0.29, 0.717) is 5.92 Å². The number of aryl methyl sites for hydroxylation is 1. The number of nitrogens with zero attached hydrogens (tertiary/aromatic N) is 1. The van der Waals surface area contributed by atoms with Crippen molar-refractivity contribution in [2.45, 2.75) is 53.5 Å². The van der Waals surface area contributed by atoms with Gasteiger partial charge in [0.1, 0.15) is 0 Å². The van der Waals surface area contributed by atoms with Gasteiger partial charge in [-0.25, -0.2) is 0 Å². The van der Waals surface area contributed by atoms with Crippen molar-refractivity contribution in [3.8, 4) is 11.1 Å². The molecule has 2 rings (SSSR count). The maximum absolute atomic E-state index is 12.5. The van der Waals surface area contributed by atoms with Crippen molar-refractivity contribution < 1.29 is 0 Å². The van der Waals surface area contributed by atoms with E-state index in [1.54, 1.807) is 0 Å². The number of hydrogen-bond donors (Lipinski definition) is 1. The van der Waals surface area contributed by atoms with Gasteiger partial charge in [0, 0.05) is 5.69 Å². The van der Waals surface area contributed by atoms with Crippen LogP contribution in [-0.2, 0) is 12.0 Å². The lowest BCUT2D eigenvalue weighted by Gasteiger charge is -2.24. The number of aromatic nitrogens is 2. The van der Waals surface area contributed by atoms with Crippen LogP contribution in [-0.4, -0.2) is 9.78 Å². The van der Waals surface area contributed by atoms with Gasteiger partial charge in [0.2, 0.25) is 0 Å². The highest BCUT2D eigenvalue weighted by molar-refractivity contribution is 5.65. The van der Waals surface area contributed by atoms with Crippen LogP contribution in [0.2, 0.25) is 0 Å². The molecule has 0 atom stereocenters. The van der Waals surface area contributed by atoms with Crippen LogP contribution in [0.1, 0.15) is 45.9 Å². The Balaban J connectivity index is 2.67. The molecule has 0 radical (unpaired) electrons. The van der Waals surface area contributed by atoms with Gasteiger partial charge in [-0.15, -0.1) is 0 Å². The summed E-state index contributed by atoms with van der Waals surface area (Å²) in [7, 11) is 0. The number of benzene rings is 1. The molecule has 114 valence electrons. The van der Waals surface area contributed by atoms with Gasteiger partial charge in [0.05, 0.1) is 11.1 Å². The summed E-state index contributed by atoms with van der Waals surface area (Å²) in [6.07, 6.45) is 0.888. The monoisotopic (exact) mass is 286 g/mol. The Morgan fingerprint density at radius 2 is 1.71 bits per heavy atom. The smallest absolute Gasteiger partial charge is 0.272 e. The molecule has 1 aromatic heterocycles. The summed E-state index contributed by atoms with van der Waals surface area (Å²) in [5.74, 6) is 0.498. The van der Waals surface area contributed by atoms with Gasteiger partial charge in [-0.3, -0.25) is 14.6 Å². The maximum atomic E-state index is 12.5. The van der Waals surface area contributed by atoms with Crippen LogP contribution in [0.3, 0.4) is 0 Å². The second kappa shape index (κ2) is 5.55. The molecule has 0 aliphatic carbocycles. The van der Waals surface area contributed by atoms with Crippen molar-refractivity contribution >= 4 is 0 Å². The lowest BCUT2D eigenvalue weighted by atomic mass is 9.98. The molecule has 0 aliphatic heterocycles. The Labute approximate surface area is 127 Å². The SMILES string of the molecule is Cc1ccc(-c2c(CC(C)C)n(C(C)(C)C)[nH]c2=O)cc1. The minimum absolute atomic E-state index is 0.00410. The van der Waals surface area contributed by atoms with Crippen LogP contribution in [0.25, 0.3) is 11.1 Å². The highest BCUT2D eigenvalue weighted by Crippen LogP contribution is 2.26. The van der Waals surface area contributed by atoms with Crippen LogP contribution in [0.15, 0.2) is 29.1 Å². The molecular formula is C18H26N2O. The molecule has 1 N–H and O–H groups in total. The summed E-state index contributed by atoms with van der Waals surface area (Å²) < 4.78 is 2.03. The summed E-state index contributed by atoms with van der Waals surface area (Å²) in [5.41, 5.74) is 4.00. The van der Waals surface area contributed by atoms with Crippen molar-refractivity contribution in [1.82, 2.24) is 9.78 Å². The molecule has 1 heterocycles. The minimum atomic E-state index is -0.133. The fourth-order valence-electron chi connectivity index (χ4n) is 2.64. The van der Waals surface area contributed by atoms with Crippen molar-refractivity contribution in [3.63, 3.8) is 0 Å². The normalized spacial score (nSPS) is 12.1. The van der Waals surface area contributed by atoms with E-state index >= 15 is 0 Å².